The quantitative estimate of drug-likeness (QED) is 0.345. The molecule has 31 heavy (non-hydrogen) atoms. The van der Waals surface area contributed by atoms with Crippen LogP contribution in [0.2, 0.25) is 5.02 Å². The number of Topliss-reactive ketones (excluding diaryl/α,β-unsaturated/α-hetero) is 1. The van der Waals surface area contributed by atoms with Crippen LogP contribution in [-0.4, -0.2) is 34.7 Å². The molecule has 1 unspecified atom stereocenters. The Bertz CT molecular complexity index is 1250. The summed E-state index contributed by atoms with van der Waals surface area (Å²) in [5.74, 6) is -4.45. The molecule has 0 saturated heterocycles. The van der Waals surface area contributed by atoms with Crippen molar-refractivity contribution in [2.24, 2.45) is 5.92 Å². The first-order chi connectivity index (χ1) is 14.7. The standard InChI is InChI=1S/C22H20ClN3O5/c1-11-4-5-12(2)16(8-11)25-21(29)19(27)14(22(30)31-3)10-18-20(28)26-17-9-13(23)6-7-15(17)24-18/h4-9,14H,10H2,1-3H3,(H,25,29)(H,26,28). The van der Waals surface area contributed by atoms with Gasteiger partial charge in [0, 0.05) is 17.1 Å². The molecule has 160 valence electrons. The van der Waals surface area contributed by atoms with Gasteiger partial charge in [-0.2, -0.15) is 0 Å². The van der Waals surface area contributed by atoms with E-state index in [1.165, 1.54) is 6.07 Å². The van der Waals surface area contributed by atoms with Crippen LogP contribution in [0.4, 0.5) is 5.69 Å². The summed E-state index contributed by atoms with van der Waals surface area (Å²) in [4.78, 5) is 56.9. The third-order valence-corrected chi connectivity index (χ3v) is 5.02. The van der Waals surface area contributed by atoms with Crippen molar-refractivity contribution in [2.75, 3.05) is 12.4 Å². The number of nitrogens with one attached hydrogen (secondary N) is 2. The summed E-state index contributed by atoms with van der Waals surface area (Å²) >= 11 is 5.92. The van der Waals surface area contributed by atoms with Crippen molar-refractivity contribution in [3.63, 3.8) is 0 Å². The van der Waals surface area contributed by atoms with E-state index in [2.05, 4.69) is 15.3 Å². The van der Waals surface area contributed by atoms with Gasteiger partial charge in [0.1, 0.15) is 11.6 Å². The molecule has 1 amide bonds. The largest absolute Gasteiger partial charge is 0.468 e. The summed E-state index contributed by atoms with van der Waals surface area (Å²) in [5, 5.41) is 2.95. The van der Waals surface area contributed by atoms with Crippen LogP contribution in [0.15, 0.2) is 41.2 Å². The maximum atomic E-state index is 12.8. The molecule has 1 aromatic heterocycles. The molecule has 0 aliphatic rings. The number of anilines is 1. The van der Waals surface area contributed by atoms with Gasteiger partial charge >= 0.3 is 5.97 Å². The number of methoxy groups -OCH3 is 1. The van der Waals surface area contributed by atoms with Crippen molar-refractivity contribution in [2.45, 2.75) is 20.3 Å². The number of ether oxygens (including phenoxy) is 1. The van der Waals surface area contributed by atoms with Crippen molar-refractivity contribution < 1.29 is 19.1 Å². The number of ketones is 1. The Morgan fingerprint density at radius 3 is 2.61 bits per heavy atom. The van der Waals surface area contributed by atoms with E-state index < -0.39 is 29.1 Å². The molecule has 3 aromatic rings. The van der Waals surface area contributed by atoms with Crippen molar-refractivity contribution in [3.8, 4) is 0 Å². The number of hydrogen-bond acceptors (Lipinski definition) is 6. The van der Waals surface area contributed by atoms with Crippen LogP contribution in [0.5, 0.6) is 0 Å². The average molecular weight is 442 g/mol. The minimum Gasteiger partial charge on any atom is -0.468 e. The third kappa shape index (κ3) is 4.97. The van der Waals surface area contributed by atoms with Crippen LogP contribution in [-0.2, 0) is 25.5 Å². The highest BCUT2D eigenvalue weighted by atomic mass is 35.5. The maximum absolute atomic E-state index is 12.8. The number of aromatic nitrogens is 2. The van der Waals surface area contributed by atoms with Gasteiger partial charge in [0.15, 0.2) is 0 Å². The van der Waals surface area contributed by atoms with Crippen molar-refractivity contribution in [1.82, 2.24) is 9.97 Å². The number of fused-ring (bicyclic) bond motifs is 1. The van der Waals surface area contributed by atoms with Gasteiger partial charge in [-0.1, -0.05) is 23.7 Å². The highest BCUT2D eigenvalue weighted by molar-refractivity contribution is 6.44. The summed E-state index contributed by atoms with van der Waals surface area (Å²) in [5.41, 5.74) is 2.28. The van der Waals surface area contributed by atoms with E-state index in [9.17, 15) is 19.2 Å². The number of nitrogens with zero attached hydrogens (tertiary/aromatic N) is 1. The van der Waals surface area contributed by atoms with Gasteiger partial charge in [0.05, 0.1) is 18.1 Å². The summed E-state index contributed by atoms with van der Waals surface area (Å²) in [6.07, 6.45) is -0.389. The maximum Gasteiger partial charge on any atom is 0.317 e. The predicted octanol–water partition coefficient (Wildman–Crippen LogP) is 2.73. The Kier molecular flexibility index (Phi) is 6.50. The molecule has 8 nitrogen and oxygen atoms in total. The van der Waals surface area contributed by atoms with E-state index in [1.807, 2.05) is 13.0 Å². The van der Waals surface area contributed by atoms with E-state index in [-0.39, 0.29) is 12.1 Å². The molecule has 0 aliphatic heterocycles. The number of amides is 1. The van der Waals surface area contributed by atoms with Gasteiger partial charge in [-0.3, -0.25) is 19.2 Å². The number of esters is 1. The van der Waals surface area contributed by atoms with Crippen LogP contribution in [0, 0.1) is 19.8 Å². The molecule has 1 heterocycles. The number of aryl methyl sites for hydroxylation is 2. The topological polar surface area (TPSA) is 118 Å². The van der Waals surface area contributed by atoms with Gasteiger partial charge in [0.2, 0.25) is 5.78 Å². The fourth-order valence-electron chi connectivity index (χ4n) is 3.07. The van der Waals surface area contributed by atoms with E-state index in [0.29, 0.717) is 21.7 Å². The zero-order valence-electron chi connectivity index (χ0n) is 17.1. The molecule has 0 spiro atoms. The van der Waals surface area contributed by atoms with Gasteiger partial charge in [0.25, 0.3) is 11.5 Å². The lowest BCUT2D eigenvalue weighted by atomic mass is 9.97. The molecular formula is C22H20ClN3O5. The predicted molar refractivity (Wildman–Crippen MR) is 116 cm³/mol. The molecule has 0 saturated carbocycles. The number of hydrogen-bond donors (Lipinski definition) is 2. The minimum atomic E-state index is -1.52. The Hall–Kier alpha value is -3.52. The molecule has 9 heteroatoms. The van der Waals surface area contributed by atoms with Crippen LogP contribution in [0.3, 0.4) is 0 Å². The van der Waals surface area contributed by atoms with Crippen LogP contribution < -0.4 is 10.9 Å². The monoisotopic (exact) mass is 441 g/mol. The lowest BCUT2D eigenvalue weighted by molar-refractivity contribution is -0.152. The SMILES string of the molecule is COC(=O)C(Cc1nc2ccc(Cl)cc2[nH]c1=O)C(=O)C(=O)Nc1cc(C)ccc1C. The Labute approximate surface area is 182 Å². The van der Waals surface area contributed by atoms with Crippen LogP contribution in [0.1, 0.15) is 16.8 Å². The second-order valence-corrected chi connectivity index (χ2v) is 7.53. The average Bonchev–Trinajstić information content (AvgIpc) is 2.73. The first-order valence-electron chi connectivity index (χ1n) is 9.38. The van der Waals surface area contributed by atoms with Gasteiger partial charge < -0.3 is 15.0 Å². The number of carbonyl (C=O) groups is 3. The number of rotatable bonds is 6. The molecule has 0 bridgehead atoms. The fraction of sp³-hybridized carbons (Fsp3) is 0.227. The number of aromatic amines is 1. The third-order valence-electron chi connectivity index (χ3n) is 4.79. The number of carbonyl (C=O) groups excluding carboxylic acids is 3. The first-order valence-corrected chi connectivity index (χ1v) is 9.76. The number of benzene rings is 2. The fourth-order valence-corrected chi connectivity index (χ4v) is 3.24. The molecule has 0 fully saturated rings. The van der Waals surface area contributed by atoms with E-state index in [4.69, 9.17) is 16.3 Å². The Morgan fingerprint density at radius 1 is 1.16 bits per heavy atom. The van der Waals surface area contributed by atoms with Crippen molar-refractivity contribution >= 4 is 46.0 Å². The highest BCUT2D eigenvalue weighted by Gasteiger charge is 2.34. The normalized spacial score (nSPS) is 11.7. The lowest BCUT2D eigenvalue weighted by Crippen LogP contribution is -2.37. The van der Waals surface area contributed by atoms with E-state index in [1.54, 1.807) is 31.2 Å². The summed E-state index contributed by atoms with van der Waals surface area (Å²) < 4.78 is 4.69. The molecule has 2 aromatic carbocycles. The smallest absolute Gasteiger partial charge is 0.317 e. The summed E-state index contributed by atoms with van der Waals surface area (Å²) in [6.45, 7) is 3.63. The Morgan fingerprint density at radius 2 is 1.90 bits per heavy atom. The van der Waals surface area contributed by atoms with Crippen LogP contribution in [0.25, 0.3) is 11.0 Å². The van der Waals surface area contributed by atoms with E-state index in [0.717, 1.165) is 18.2 Å². The summed E-state index contributed by atoms with van der Waals surface area (Å²) in [7, 11) is 1.10. The molecular weight excluding hydrogens is 422 g/mol. The molecule has 0 aliphatic carbocycles. The van der Waals surface area contributed by atoms with E-state index >= 15 is 0 Å². The van der Waals surface area contributed by atoms with Gasteiger partial charge in [-0.25, -0.2) is 4.98 Å². The van der Waals surface area contributed by atoms with Crippen molar-refractivity contribution in [1.29, 1.82) is 0 Å². The van der Waals surface area contributed by atoms with Crippen molar-refractivity contribution in [3.05, 3.63) is 68.6 Å². The molecule has 1 atom stereocenters. The zero-order valence-corrected chi connectivity index (χ0v) is 17.9. The molecule has 0 radical (unpaired) electrons. The second-order valence-electron chi connectivity index (χ2n) is 7.09. The minimum absolute atomic E-state index is 0.0712. The first kappa shape index (κ1) is 22.2. The Balaban J connectivity index is 1.90. The number of H-pyrrole nitrogens is 1. The number of halogens is 1. The second kappa shape index (κ2) is 9.09. The summed E-state index contributed by atoms with van der Waals surface area (Å²) in [6, 6.07) is 10.1. The van der Waals surface area contributed by atoms with Crippen LogP contribution >= 0.6 is 11.6 Å². The van der Waals surface area contributed by atoms with Gasteiger partial charge in [-0.15, -0.1) is 0 Å². The zero-order chi connectivity index (χ0) is 22.7. The molecule has 2 N–H and O–H groups in total. The highest BCUT2D eigenvalue weighted by Crippen LogP contribution is 2.19. The molecule has 3 rings (SSSR count). The lowest BCUT2D eigenvalue weighted by Gasteiger charge is -2.14. The van der Waals surface area contributed by atoms with Gasteiger partial charge in [-0.05, 0) is 49.2 Å².